The number of hydrogen-bond donors (Lipinski definition) is 2. The van der Waals surface area contributed by atoms with Gasteiger partial charge in [-0.25, -0.2) is 0 Å². The number of rotatable bonds is 5. The lowest BCUT2D eigenvalue weighted by Crippen LogP contribution is -2.63. The number of allylic oxidation sites excluding steroid dienone is 1. The van der Waals surface area contributed by atoms with Crippen molar-refractivity contribution in [3.8, 4) is 0 Å². The predicted molar refractivity (Wildman–Crippen MR) is 137 cm³/mol. The first-order valence-corrected chi connectivity index (χ1v) is 14.8. The molecule has 2 N–H and O–H groups in total. The van der Waals surface area contributed by atoms with Gasteiger partial charge in [0.1, 0.15) is 5.60 Å². The largest absolute Gasteiger partial charge is 0.393 e. The molecule has 7 atom stereocenters. The summed E-state index contributed by atoms with van der Waals surface area (Å²) in [6.45, 7) is 8.93. The van der Waals surface area contributed by atoms with Crippen molar-refractivity contribution in [3.05, 3.63) is 34.0 Å². The Bertz CT molecular complexity index is 926. The van der Waals surface area contributed by atoms with Crippen LogP contribution in [-0.4, -0.2) is 53.1 Å². The number of nitrogens with zero attached hydrogens (tertiary/aromatic N) is 1. The van der Waals surface area contributed by atoms with Gasteiger partial charge >= 0.3 is 0 Å². The van der Waals surface area contributed by atoms with Gasteiger partial charge in [-0.2, -0.15) is 11.3 Å². The van der Waals surface area contributed by atoms with Gasteiger partial charge in [0.15, 0.2) is 0 Å². The Morgan fingerprint density at radius 3 is 2.68 bits per heavy atom. The molecular weight excluding hydrogens is 442 g/mol. The predicted octanol–water partition coefficient (Wildman–Crippen LogP) is 5.49. The molecule has 34 heavy (non-hydrogen) atoms. The van der Waals surface area contributed by atoms with Gasteiger partial charge in [0, 0.05) is 12.0 Å². The van der Waals surface area contributed by atoms with E-state index in [2.05, 4.69) is 41.6 Å². The molecule has 0 bridgehead atoms. The van der Waals surface area contributed by atoms with E-state index in [1.54, 1.807) is 11.3 Å². The molecule has 2 unspecified atom stereocenters. The van der Waals surface area contributed by atoms with Crippen LogP contribution in [0.4, 0.5) is 0 Å². The minimum Gasteiger partial charge on any atom is -0.393 e. The molecule has 4 aliphatic carbocycles. The van der Waals surface area contributed by atoms with Gasteiger partial charge in [0.2, 0.25) is 0 Å². The summed E-state index contributed by atoms with van der Waals surface area (Å²) in [5, 5.41) is 27.5. The summed E-state index contributed by atoms with van der Waals surface area (Å²) >= 11 is 1.75. The third-order valence-electron chi connectivity index (χ3n) is 11.3. The van der Waals surface area contributed by atoms with E-state index in [0.717, 1.165) is 64.5 Å². The second-order valence-corrected chi connectivity index (χ2v) is 13.3. The van der Waals surface area contributed by atoms with Crippen LogP contribution in [0.25, 0.3) is 0 Å². The molecule has 2 heterocycles. The highest BCUT2D eigenvalue weighted by Gasteiger charge is 2.72. The maximum Gasteiger partial charge on any atom is 0.102 e. The van der Waals surface area contributed by atoms with E-state index in [1.165, 1.54) is 37.1 Å². The normalized spacial score (nSPS) is 46.6. The fourth-order valence-corrected chi connectivity index (χ4v) is 9.95. The van der Waals surface area contributed by atoms with Gasteiger partial charge < -0.3 is 19.8 Å². The summed E-state index contributed by atoms with van der Waals surface area (Å²) in [6.07, 6.45) is 12.4. The van der Waals surface area contributed by atoms with E-state index in [1.807, 2.05) is 0 Å². The zero-order valence-corrected chi connectivity index (χ0v) is 21.9. The Balaban J connectivity index is 1.33. The van der Waals surface area contributed by atoms with Crippen molar-refractivity contribution in [1.82, 2.24) is 4.90 Å². The lowest BCUT2D eigenvalue weighted by molar-refractivity contribution is -0.232. The van der Waals surface area contributed by atoms with Gasteiger partial charge in [-0.3, -0.25) is 0 Å². The first kappa shape index (κ1) is 23.7. The molecule has 1 saturated heterocycles. The molecule has 0 amide bonds. The van der Waals surface area contributed by atoms with Gasteiger partial charge in [0.25, 0.3) is 0 Å². The van der Waals surface area contributed by atoms with Crippen molar-refractivity contribution in [2.75, 3.05) is 26.2 Å². The van der Waals surface area contributed by atoms with E-state index >= 15 is 0 Å². The number of aliphatic hydroxyl groups excluding tert-OH is 1. The molecule has 0 aromatic carbocycles. The molecule has 4 fully saturated rings. The Labute approximate surface area is 209 Å². The van der Waals surface area contributed by atoms with Crippen LogP contribution in [0.5, 0.6) is 0 Å². The van der Waals surface area contributed by atoms with Crippen molar-refractivity contribution in [2.45, 2.75) is 95.4 Å². The van der Waals surface area contributed by atoms with Crippen molar-refractivity contribution in [1.29, 1.82) is 0 Å². The van der Waals surface area contributed by atoms with Crippen molar-refractivity contribution < 1.29 is 14.9 Å². The molecule has 4 nitrogen and oxygen atoms in total. The average Bonchev–Trinajstić information content (AvgIpc) is 3.57. The Kier molecular flexibility index (Phi) is 5.85. The molecule has 1 aromatic rings. The topological polar surface area (TPSA) is 52.9 Å². The van der Waals surface area contributed by atoms with Gasteiger partial charge in [-0.05, 0) is 117 Å². The molecule has 0 spiro atoms. The standard InChI is InChI=1S/C29H43NO3S/c1-26-10-7-23(31)19-21(26)5-6-25-24(26)8-11-27(2)28(25,32)12-13-29(27,22-9-18-34-20-22)33-17-16-30-14-3-4-15-30/h5,9,18,20,23-25,31-32H,3-4,6-8,10-17,19H2,1-2H3/t23?,24-,25-,26+,27+,28-,29?/m1/s1. The Morgan fingerprint density at radius 1 is 1.09 bits per heavy atom. The molecule has 6 rings (SSSR count). The highest BCUT2D eigenvalue weighted by atomic mass is 32.1. The Hall–Kier alpha value is -0.720. The SMILES string of the molecule is C[C@]12CCC(O)CC1=CC[C@@H]1[C@H]2CC[C@]2(C)C(OCCN3CCCC3)(c3ccsc3)CC[C@@]12O. The molecular formula is C29H43NO3S. The van der Waals surface area contributed by atoms with Gasteiger partial charge in [-0.15, -0.1) is 0 Å². The number of thiophene rings is 1. The van der Waals surface area contributed by atoms with Crippen LogP contribution < -0.4 is 0 Å². The summed E-state index contributed by atoms with van der Waals surface area (Å²) in [5.74, 6) is 0.777. The van der Waals surface area contributed by atoms with Crippen LogP contribution in [0.3, 0.4) is 0 Å². The van der Waals surface area contributed by atoms with Crippen LogP contribution in [0.15, 0.2) is 28.5 Å². The number of likely N-dealkylation sites (tertiary alicyclic amines) is 1. The molecule has 188 valence electrons. The fraction of sp³-hybridized carbons (Fsp3) is 0.793. The smallest absolute Gasteiger partial charge is 0.102 e. The number of fused-ring (bicyclic) bond motifs is 5. The minimum atomic E-state index is -0.716. The number of ether oxygens (including phenoxy) is 1. The van der Waals surface area contributed by atoms with Gasteiger partial charge in [0.05, 0.1) is 18.3 Å². The lowest BCUT2D eigenvalue weighted by Gasteiger charge is -2.62. The summed E-state index contributed by atoms with van der Waals surface area (Å²) in [4.78, 5) is 2.54. The van der Waals surface area contributed by atoms with Crippen molar-refractivity contribution >= 4 is 11.3 Å². The van der Waals surface area contributed by atoms with Crippen molar-refractivity contribution in [3.63, 3.8) is 0 Å². The van der Waals surface area contributed by atoms with E-state index < -0.39 is 11.2 Å². The minimum absolute atomic E-state index is 0.128. The zero-order valence-electron chi connectivity index (χ0n) is 21.1. The maximum absolute atomic E-state index is 12.7. The molecule has 5 aliphatic rings. The quantitative estimate of drug-likeness (QED) is 0.541. The van der Waals surface area contributed by atoms with Crippen LogP contribution in [-0.2, 0) is 10.3 Å². The average molecular weight is 486 g/mol. The third-order valence-corrected chi connectivity index (χ3v) is 12.0. The number of aliphatic hydroxyl groups is 2. The van der Waals surface area contributed by atoms with Crippen LogP contribution in [0, 0.1) is 22.7 Å². The van der Waals surface area contributed by atoms with Crippen molar-refractivity contribution in [2.24, 2.45) is 22.7 Å². The first-order valence-electron chi connectivity index (χ1n) is 13.8. The highest BCUT2D eigenvalue weighted by molar-refractivity contribution is 7.08. The maximum atomic E-state index is 12.7. The Morgan fingerprint density at radius 2 is 1.91 bits per heavy atom. The van der Waals surface area contributed by atoms with E-state index in [-0.39, 0.29) is 22.9 Å². The third kappa shape index (κ3) is 3.23. The highest BCUT2D eigenvalue weighted by Crippen LogP contribution is 2.71. The molecule has 5 heteroatoms. The number of hydrogen-bond acceptors (Lipinski definition) is 5. The molecule has 1 aromatic heterocycles. The van der Waals surface area contributed by atoms with E-state index in [9.17, 15) is 10.2 Å². The first-order chi connectivity index (χ1) is 16.3. The second kappa shape index (κ2) is 8.41. The monoisotopic (exact) mass is 485 g/mol. The van der Waals surface area contributed by atoms with Crippen LogP contribution in [0.2, 0.25) is 0 Å². The van der Waals surface area contributed by atoms with Crippen LogP contribution >= 0.6 is 11.3 Å². The summed E-state index contributed by atoms with van der Waals surface area (Å²) in [6, 6.07) is 2.26. The van der Waals surface area contributed by atoms with E-state index in [4.69, 9.17) is 4.74 Å². The van der Waals surface area contributed by atoms with Crippen LogP contribution in [0.1, 0.15) is 83.6 Å². The lowest BCUT2D eigenvalue weighted by atomic mass is 9.45. The summed E-state index contributed by atoms with van der Waals surface area (Å²) in [7, 11) is 0. The molecule has 0 radical (unpaired) electrons. The van der Waals surface area contributed by atoms with E-state index in [0.29, 0.717) is 5.92 Å². The molecule has 1 aliphatic heterocycles. The zero-order chi connectivity index (χ0) is 23.6. The summed E-state index contributed by atoms with van der Waals surface area (Å²) < 4.78 is 7.02. The fourth-order valence-electron chi connectivity index (χ4n) is 9.23. The molecule has 3 saturated carbocycles. The second-order valence-electron chi connectivity index (χ2n) is 12.5. The van der Waals surface area contributed by atoms with Gasteiger partial charge in [-0.1, -0.05) is 25.5 Å². The summed E-state index contributed by atoms with van der Waals surface area (Å²) in [5.41, 5.74) is 1.47.